The molecule has 0 atom stereocenters. The molecule has 1 aromatic rings. The lowest BCUT2D eigenvalue weighted by Crippen LogP contribution is -2.42. The van der Waals surface area contributed by atoms with E-state index in [9.17, 15) is 0 Å². The molecular weight excluding hydrogens is 272 g/mol. The normalized spacial score (nSPS) is 15.5. The maximum atomic E-state index is 4.68. The van der Waals surface area contributed by atoms with Gasteiger partial charge < -0.3 is 15.5 Å². The van der Waals surface area contributed by atoms with E-state index >= 15 is 0 Å². The van der Waals surface area contributed by atoms with Gasteiger partial charge in [-0.2, -0.15) is 0 Å². The molecule has 120 valence electrons. The van der Waals surface area contributed by atoms with Crippen LogP contribution in [0.5, 0.6) is 0 Å². The summed E-state index contributed by atoms with van der Waals surface area (Å²) in [5.74, 6) is 0.935. The second-order valence-electron chi connectivity index (χ2n) is 5.77. The highest BCUT2D eigenvalue weighted by atomic mass is 15.2. The van der Waals surface area contributed by atoms with Crippen LogP contribution in [0.15, 0.2) is 47.5 Å². The number of guanidine groups is 1. The van der Waals surface area contributed by atoms with Gasteiger partial charge in [0, 0.05) is 25.7 Å². The van der Waals surface area contributed by atoms with Gasteiger partial charge >= 0.3 is 0 Å². The first-order valence-electron chi connectivity index (χ1n) is 8.20. The molecule has 0 bridgehead atoms. The molecule has 1 aliphatic rings. The second-order valence-corrected chi connectivity index (χ2v) is 5.77. The minimum Gasteiger partial charge on any atom is -0.357 e. The van der Waals surface area contributed by atoms with E-state index in [4.69, 9.17) is 0 Å². The van der Waals surface area contributed by atoms with Crippen LogP contribution in [0, 0.1) is 0 Å². The summed E-state index contributed by atoms with van der Waals surface area (Å²) in [6.45, 7) is 5.72. The van der Waals surface area contributed by atoms with Crippen molar-refractivity contribution in [3.8, 4) is 0 Å². The first kappa shape index (κ1) is 16.6. The van der Waals surface area contributed by atoms with Crippen LogP contribution in [-0.2, 0) is 6.54 Å². The fourth-order valence-electron chi connectivity index (χ4n) is 2.56. The number of benzene rings is 1. The molecule has 0 amide bonds. The quantitative estimate of drug-likeness (QED) is 0.461. The highest BCUT2D eigenvalue weighted by Gasteiger charge is 2.11. The lowest BCUT2D eigenvalue weighted by molar-refractivity contribution is 0.336. The van der Waals surface area contributed by atoms with Gasteiger partial charge in [-0.25, -0.2) is 0 Å². The van der Waals surface area contributed by atoms with Crippen molar-refractivity contribution in [2.24, 2.45) is 4.99 Å². The van der Waals surface area contributed by atoms with Crippen molar-refractivity contribution in [3.05, 3.63) is 48.0 Å². The number of nitrogens with one attached hydrogen (secondary N) is 2. The van der Waals surface area contributed by atoms with E-state index in [-0.39, 0.29) is 0 Å². The molecular formula is C18H28N4. The van der Waals surface area contributed by atoms with Crippen molar-refractivity contribution in [2.45, 2.75) is 32.4 Å². The maximum Gasteiger partial charge on any atom is 0.191 e. The molecule has 0 saturated carbocycles. The third-order valence-electron chi connectivity index (χ3n) is 3.74. The predicted molar refractivity (Wildman–Crippen MR) is 94.1 cm³/mol. The van der Waals surface area contributed by atoms with Gasteiger partial charge in [0.1, 0.15) is 0 Å². The number of rotatable bonds is 7. The van der Waals surface area contributed by atoms with Crippen LogP contribution in [0.25, 0.3) is 0 Å². The van der Waals surface area contributed by atoms with Crippen LogP contribution in [0.2, 0.25) is 0 Å². The Labute approximate surface area is 134 Å². The van der Waals surface area contributed by atoms with Crippen molar-refractivity contribution >= 4 is 5.96 Å². The zero-order valence-electron chi connectivity index (χ0n) is 13.8. The van der Waals surface area contributed by atoms with Crippen LogP contribution in [0.1, 0.15) is 25.3 Å². The Morgan fingerprint density at radius 2 is 1.95 bits per heavy atom. The topological polar surface area (TPSA) is 39.7 Å². The van der Waals surface area contributed by atoms with Crippen molar-refractivity contribution in [2.75, 3.05) is 26.7 Å². The summed E-state index contributed by atoms with van der Waals surface area (Å²) in [5, 5.41) is 6.82. The highest BCUT2D eigenvalue weighted by molar-refractivity contribution is 5.80. The average molecular weight is 300 g/mol. The minimum absolute atomic E-state index is 0.500. The van der Waals surface area contributed by atoms with Gasteiger partial charge in [0.05, 0.1) is 6.54 Å². The van der Waals surface area contributed by atoms with Crippen molar-refractivity contribution in [1.29, 1.82) is 0 Å². The summed E-state index contributed by atoms with van der Waals surface area (Å²) in [4.78, 5) is 6.99. The zero-order chi connectivity index (χ0) is 15.6. The Bertz CT molecular complexity index is 473. The average Bonchev–Trinajstić information content (AvgIpc) is 3.01. The largest absolute Gasteiger partial charge is 0.357 e. The van der Waals surface area contributed by atoms with E-state index < -0.39 is 0 Å². The summed E-state index contributed by atoms with van der Waals surface area (Å²) in [5.41, 5.74) is 1.34. The molecule has 1 aromatic carbocycles. The third kappa shape index (κ3) is 5.90. The Balaban J connectivity index is 1.74. The smallest absolute Gasteiger partial charge is 0.191 e. The van der Waals surface area contributed by atoms with Crippen LogP contribution >= 0.6 is 0 Å². The van der Waals surface area contributed by atoms with Crippen LogP contribution in [0.3, 0.4) is 0 Å². The predicted octanol–water partition coefficient (Wildman–Crippen LogP) is 2.39. The second kappa shape index (κ2) is 9.26. The van der Waals surface area contributed by atoms with Crippen LogP contribution in [-0.4, -0.2) is 43.6 Å². The molecule has 2 rings (SSSR count). The van der Waals surface area contributed by atoms with Crippen LogP contribution < -0.4 is 10.6 Å². The van der Waals surface area contributed by atoms with Gasteiger partial charge in [0.15, 0.2) is 5.96 Å². The van der Waals surface area contributed by atoms with Crippen LogP contribution in [0.4, 0.5) is 0 Å². The number of aliphatic imine (C=N–C) groups is 1. The van der Waals surface area contributed by atoms with Crippen molar-refractivity contribution < 1.29 is 0 Å². The summed E-state index contributed by atoms with van der Waals surface area (Å²) < 4.78 is 0. The molecule has 0 radical (unpaired) electrons. The molecule has 4 heteroatoms. The molecule has 0 aromatic heterocycles. The molecule has 0 fully saturated rings. The van der Waals surface area contributed by atoms with Crippen molar-refractivity contribution in [1.82, 2.24) is 15.5 Å². The number of likely N-dealkylation sites (N-methyl/N-ethyl adjacent to an activating group) is 1. The summed E-state index contributed by atoms with van der Waals surface area (Å²) in [6.07, 6.45) is 6.65. The fourth-order valence-corrected chi connectivity index (χ4v) is 2.56. The molecule has 0 heterocycles. The molecule has 22 heavy (non-hydrogen) atoms. The van der Waals surface area contributed by atoms with Gasteiger partial charge in [0.25, 0.3) is 0 Å². The fraction of sp³-hybridized carbons (Fsp3) is 0.500. The Morgan fingerprint density at radius 1 is 1.23 bits per heavy atom. The van der Waals surface area contributed by atoms with E-state index in [1.807, 2.05) is 0 Å². The number of hydrogen-bond acceptors (Lipinski definition) is 2. The van der Waals surface area contributed by atoms with E-state index in [0.29, 0.717) is 6.04 Å². The van der Waals surface area contributed by atoms with E-state index in [2.05, 4.69) is 77.0 Å². The van der Waals surface area contributed by atoms with Gasteiger partial charge in [-0.3, -0.25) is 4.99 Å². The molecule has 0 aliphatic heterocycles. The molecule has 1 aliphatic carbocycles. The molecule has 0 spiro atoms. The molecule has 0 unspecified atom stereocenters. The summed E-state index contributed by atoms with van der Waals surface area (Å²) >= 11 is 0. The lowest BCUT2D eigenvalue weighted by atomic mass is 10.2. The zero-order valence-corrected chi connectivity index (χ0v) is 13.8. The monoisotopic (exact) mass is 300 g/mol. The van der Waals surface area contributed by atoms with E-state index in [1.54, 1.807) is 0 Å². The van der Waals surface area contributed by atoms with Crippen molar-refractivity contribution in [3.63, 3.8) is 0 Å². The Morgan fingerprint density at radius 3 is 2.64 bits per heavy atom. The standard InChI is InChI=1S/C18H28N4/c1-3-19-18(21-17-11-7-8-12-17)20-13-14-22(2)15-16-9-5-4-6-10-16/h4-10,17H,3,11-15H2,1-2H3,(H2,19,20,21). The van der Waals surface area contributed by atoms with E-state index in [1.165, 1.54) is 5.56 Å². The highest BCUT2D eigenvalue weighted by Crippen LogP contribution is 2.08. The number of nitrogens with zero attached hydrogens (tertiary/aromatic N) is 2. The summed E-state index contributed by atoms with van der Waals surface area (Å²) in [6, 6.07) is 11.1. The number of hydrogen-bond donors (Lipinski definition) is 2. The Kier molecular flexibility index (Phi) is 6.97. The Hall–Kier alpha value is -1.81. The molecule has 0 saturated heterocycles. The SMILES string of the molecule is CCNC(=NCCN(C)Cc1ccccc1)NC1CC=CC1. The molecule has 2 N–H and O–H groups in total. The molecule has 4 nitrogen and oxygen atoms in total. The van der Waals surface area contributed by atoms with E-state index in [0.717, 1.165) is 45.0 Å². The maximum absolute atomic E-state index is 4.68. The van der Waals surface area contributed by atoms with Gasteiger partial charge in [-0.05, 0) is 32.4 Å². The first-order chi connectivity index (χ1) is 10.8. The minimum atomic E-state index is 0.500. The van der Waals surface area contributed by atoms with Gasteiger partial charge in [-0.1, -0.05) is 42.5 Å². The van der Waals surface area contributed by atoms with Gasteiger partial charge in [0.2, 0.25) is 0 Å². The summed E-state index contributed by atoms with van der Waals surface area (Å²) in [7, 11) is 2.14. The first-order valence-corrected chi connectivity index (χ1v) is 8.20. The third-order valence-corrected chi connectivity index (χ3v) is 3.74. The van der Waals surface area contributed by atoms with Gasteiger partial charge in [-0.15, -0.1) is 0 Å². The lowest BCUT2D eigenvalue weighted by Gasteiger charge is -2.18.